The monoisotopic (exact) mass is 373 g/mol. The molecule has 3 rings (SSSR count). The highest BCUT2D eigenvalue weighted by Crippen LogP contribution is 2.26. The van der Waals surface area contributed by atoms with E-state index in [9.17, 15) is 4.79 Å². The highest BCUT2D eigenvalue weighted by molar-refractivity contribution is 6.27. The zero-order valence-corrected chi connectivity index (χ0v) is 16.4. The largest absolute Gasteiger partial charge is 0.497 e. The highest BCUT2D eigenvalue weighted by atomic mass is 16.5. The number of carbonyl (C=O) groups excluding carboxylic acids is 1. The molecule has 0 bridgehead atoms. The van der Waals surface area contributed by atoms with E-state index in [0.717, 1.165) is 68.7 Å². The van der Waals surface area contributed by atoms with E-state index in [4.69, 9.17) is 9.47 Å². The number of amides is 1. The Morgan fingerprint density at radius 2 is 2.04 bits per heavy atom. The van der Waals surface area contributed by atoms with Crippen LogP contribution in [0.5, 0.6) is 5.75 Å². The SMILES string of the molecule is COc1ccc(N2N=C(C)[C@@H](C(C)=NCCC[NH+]3CCOCC3)C2=O)cc1. The molecule has 0 saturated carbocycles. The summed E-state index contributed by atoms with van der Waals surface area (Å²) in [5, 5.41) is 5.93. The second kappa shape index (κ2) is 9.10. The first-order valence-electron chi connectivity index (χ1n) is 9.55. The summed E-state index contributed by atoms with van der Waals surface area (Å²) in [6.45, 7) is 9.53. The fraction of sp³-hybridized carbons (Fsp3) is 0.550. The normalized spacial score (nSPS) is 21.5. The number of benzene rings is 1. The molecule has 1 fully saturated rings. The number of hydrogen-bond acceptors (Lipinski definition) is 5. The van der Waals surface area contributed by atoms with Gasteiger partial charge in [-0.15, -0.1) is 0 Å². The van der Waals surface area contributed by atoms with Gasteiger partial charge >= 0.3 is 0 Å². The van der Waals surface area contributed by atoms with Crippen molar-refractivity contribution in [3.8, 4) is 5.75 Å². The molecule has 2 aliphatic heterocycles. The van der Waals surface area contributed by atoms with E-state index >= 15 is 0 Å². The number of quaternary nitrogens is 1. The lowest BCUT2D eigenvalue weighted by Gasteiger charge is -2.23. The van der Waals surface area contributed by atoms with Crippen molar-refractivity contribution in [2.24, 2.45) is 16.0 Å². The number of ether oxygens (including phenoxy) is 2. The summed E-state index contributed by atoms with van der Waals surface area (Å²) in [5.74, 6) is 0.350. The molecule has 7 heteroatoms. The van der Waals surface area contributed by atoms with Gasteiger partial charge in [0.15, 0.2) is 0 Å². The summed E-state index contributed by atoms with van der Waals surface area (Å²) < 4.78 is 10.6. The first kappa shape index (κ1) is 19.5. The fourth-order valence-electron chi connectivity index (χ4n) is 3.54. The molecule has 0 aromatic heterocycles. The molecule has 146 valence electrons. The zero-order chi connectivity index (χ0) is 19.2. The molecule has 1 saturated heterocycles. The Labute approximate surface area is 160 Å². The summed E-state index contributed by atoms with van der Waals surface area (Å²) in [6, 6.07) is 7.34. The van der Waals surface area contributed by atoms with E-state index in [2.05, 4.69) is 10.1 Å². The van der Waals surface area contributed by atoms with Gasteiger partial charge in [-0.3, -0.25) is 9.79 Å². The second-order valence-electron chi connectivity index (χ2n) is 7.01. The van der Waals surface area contributed by atoms with Gasteiger partial charge in [0, 0.05) is 18.7 Å². The number of hydrazone groups is 1. The Hall–Kier alpha value is -2.25. The van der Waals surface area contributed by atoms with Gasteiger partial charge in [-0.25, -0.2) is 0 Å². The Morgan fingerprint density at radius 3 is 2.70 bits per heavy atom. The Morgan fingerprint density at radius 1 is 1.33 bits per heavy atom. The first-order chi connectivity index (χ1) is 13.1. The van der Waals surface area contributed by atoms with E-state index in [1.54, 1.807) is 12.0 Å². The highest BCUT2D eigenvalue weighted by Gasteiger charge is 2.36. The van der Waals surface area contributed by atoms with Crippen molar-refractivity contribution in [3.05, 3.63) is 24.3 Å². The predicted octanol–water partition coefficient (Wildman–Crippen LogP) is 0.800. The van der Waals surface area contributed by atoms with Gasteiger partial charge in [0.2, 0.25) is 0 Å². The molecule has 27 heavy (non-hydrogen) atoms. The molecule has 2 aliphatic rings. The van der Waals surface area contributed by atoms with Crippen LogP contribution in [0.4, 0.5) is 5.69 Å². The van der Waals surface area contributed by atoms with E-state index in [1.807, 2.05) is 38.1 Å². The lowest BCUT2D eigenvalue weighted by Crippen LogP contribution is -3.14. The number of morpholine rings is 1. The summed E-state index contributed by atoms with van der Waals surface area (Å²) in [4.78, 5) is 19.1. The smallest absolute Gasteiger partial charge is 0.261 e. The van der Waals surface area contributed by atoms with Crippen molar-refractivity contribution in [2.75, 3.05) is 51.5 Å². The third kappa shape index (κ3) is 4.73. The number of anilines is 1. The van der Waals surface area contributed by atoms with Crippen molar-refractivity contribution in [1.82, 2.24) is 0 Å². The van der Waals surface area contributed by atoms with Gasteiger partial charge in [0.25, 0.3) is 5.91 Å². The summed E-state index contributed by atoms with van der Waals surface area (Å²) >= 11 is 0. The molecule has 7 nitrogen and oxygen atoms in total. The van der Waals surface area contributed by atoms with Crippen LogP contribution in [0.25, 0.3) is 0 Å². The van der Waals surface area contributed by atoms with Crippen LogP contribution < -0.4 is 14.6 Å². The van der Waals surface area contributed by atoms with Crippen molar-refractivity contribution in [1.29, 1.82) is 0 Å². The number of carbonyl (C=O) groups is 1. The van der Waals surface area contributed by atoms with Crippen LogP contribution in [0.15, 0.2) is 34.4 Å². The molecule has 0 spiro atoms. The van der Waals surface area contributed by atoms with Crippen molar-refractivity contribution in [2.45, 2.75) is 20.3 Å². The number of nitrogens with one attached hydrogen (secondary N) is 1. The molecule has 0 aliphatic carbocycles. The molecule has 1 aromatic carbocycles. The average molecular weight is 373 g/mol. The molecule has 2 heterocycles. The predicted molar refractivity (Wildman–Crippen MR) is 106 cm³/mol. The molecule has 1 N–H and O–H groups in total. The Balaban J connectivity index is 1.57. The van der Waals surface area contributed by atoms with Crippen LogP contribution in [-0.2, 0) is 9.53 Å². The minimum atomic E-state index is -0.358. The fourth-order valence-corrected chi connectivity index (χ4v) is 3.54. The number of hydrogen-bond donors (Lipinski definition) is 1. The van der Waals surface area contributed by atoms with Gasteiger partial charge in [-0.1, -0.05) is 0 Å². The van der Waals surface area contributed by atoms with Crippen LogP contribution in [-0.4, -0.2) is 63.8 Å². The third-order valence-electron chi connectivity index (χ3n) is 5.12. The van der Waals surface area contributed by atoms with Gasteiger partial charge in [0.1, 0.15) is 24.8 Å². The van der Waals surface area contributed by atoms with Crippen molar-refractivity contribution >= 4 is 23.0 Å². The molecule has 0 unspecified atom stereocenters. The third-order valence-corrected chi connectivity index (χ3v) is 5.12. The number of nitrogens with zero attached hydrogens (tertiary/aromatic N) is 3. The maximum absolute atomic E-state index is 12.9. The molecular weight excluding hydrogens is 344 g/mol. The van der Waals surface area contributed by atoms with E-state index in [1.165, 1.54) is 5.01 Å². The van der Waals surface area contributed by atoms with Crippen LogP contribution in [0.2, 0.25) is 0 Å². The maximum atomic E-state index is 12.9. The zero-order valence-electron chi connectivity index (χ0n) is 16.4. The van der Waals surface area contributed by atoms with Gasteiger partial charge in [-0.2, -0.15) is 10.1 Å². The standard InChI is InChI=1S/C20H28N4O3/c1-15(21-9-4-10-23-11-13-27-14-12-23)19-16(2)22-24(20(19)25)17-5-7-18(26-3)8-6-17/h5-8,19H,4,9-14H2,1-3H3/p+1/t19-/m1/s1. The lowest BCUT2D eigenvalue weighted by atomic mass is 9.99. The molecular formula is C20H29N4O3+. The van der Waals surface area contributed by atoms with E-state index in [0.29, 0.717) is 0 Å². The Kier molecular flexibility index (Phi) is 6.58. The topological polar surface area (TPSA) is 67.9 Å². The molecule has 1 amide bonds. The van der Waals surface area contributed by atoms with Crippen molar-refractivity contribution < 1.29 is 19.2 Å². The number of aliphatic imine (C=N–C) groups is 1. The van der Waals surface area contributed by atoms with Gasteiger partial charge in [0.05, 0.1) is 38.3 Å². The number of rotatable bonds is 7. The molecule has 0 radical (unpaired) electrons. The lowest BCUT2D eigenvalue weighted by molar-refractivity contribution is -0.908. The van der Waals surface area contributed by atoms with E-state index < -0.39 is 0 Å². The van der Waals surface area contributed by atoms with E-state index in [-0.39, 0.29) is 11.8 Å². The summed E-state index contributed by atoms with van der Waals surface area (Å²) in [5.41, 5.74) is 2.37. The number of methoxy groups -OCH3 is 1. The average Bonchev–Trinajstić information content (AvgIpc) is 3.00. The molecule has 1 atom stereocenters. The van der Waals surface area contributed by atoms with Gasteiger partial charge < -0.3 is 14.4 Å². The van der Waals surface area contributed by atoms with Gasteiger partial charge in [-0.05, 0) is 38.1 Å². The molecule has 1 aromatic rings. The summed E-state index contributed by atoms with van der Waals surface area (Å²) in [7, 11) is 1.62. The van der Waals surface area contributed by atoms with Crippen LogP contribution in [0, 0.1) is 5.92 Å². The van der Waals surface area contributed by atoms with Crippen molar-refractivity contribution in [3.63, 3.8) is 0 Å². The van der Waals surface area contributed by atoms with Crippen LogP contribution in [0.1, 0.15) is 20.3 Å². The second-order valence-corrected chi connectivity index (χ2v) is 7.01. The summed E-state index contributed by atoms with van der Waals surface area (Å²) in [6.07, 6.45) is 1.02. The van der Waals surface area contributed by atoms with Crippen LogP contribution in [0.3, 0.4) is 0 Å². The van der Waals surface area contributed by atoms with Crippen LogP contribution >= 0.6 is 0 Å². The first-order valence-corrected chi connectivity index (χ1v) is 9.55. The maximum Gasteiger partial charge on any atom is 0.261 e. The Bertz CT molecular complexity index is 708. The minimum Gasteiger partial charge on any atom is -0.497 e. The quantitative estimate of drug-likeness (QED) is 0.568. The minimum absolute atomic E-state index is 0.0438.